The molecule has 0 heterocycles. The number of aliphatic hydroxyl groups is 1. The number of hydrogen-bond donors (Lipinski definition) is 2. The molecule has 0 aliphatic heterocycles. The van der Waals surface area contributed by atoms with Gasteiger partial charge in [0.2, 0.25) is 5.91 Å². The van der Waals surface area contributed by atoms with Crippen LogP contribution in [0.2, 0.25) is 0 Å². The standard InChI is InChI=1S/C21H22N2O3/c1-2-21(26)23(16-20(25)22-13-14-24)15-19(17-9-5-3-6-10-17)18-11-7-4-8-12-18/h1,3-12,19,24H,13-16H2,(H,22,25). The molecule has 0 radical (unpaired) electrons. The molecule has 5 nitrogen and oxygen atoms in total. The number of carbonyl (C=O) groups is 2. The molecule has 0 saturated carbocycles. The van der Waals surface area contributed by atoms with Crippen LogP contribution in [0.4, 0.5) is 0 Å². The van der Waals surface area contributed by atoms with Crippen molar-refractivity contribution in [2.24, 2.45) is 0 Å². The van der Waals surface area contributed by atoms with Crippen molar-refractivity contribution in [2.45, 2.75) is 5.92 Å². The lowest BCUT2D eigenvalue weighted by molar-refractivity contribution is -0.132. The smallest absolute Gasteiger partial charge is 0.298 e. The Labute approximate surface area is 153 Å². The SMILES string of the molecule is C#CC(=O)N(CC(=O)NCCO)CC(c1ccccc1)c1ccccc1. The van der Waals surface area contributed by atoms with E-state index in [1.165, 1.54) is 4.90 Å². The highest BCUT2D eigenvalue weighted by atomic mass is 16.3. The molecule has 0 unspecified atom stereocenters. The van der Waals surface area contributed by atoms with Crippen LogP contribution in [0.3, 0.4) is 0 Å². The van der Waals surface area contributed by atoms with Gasteiger partial charge < -0.3 is 15.3 Å². The van der Waals surface area contributed by atoms with E-state index in [4.69, 9.17) is 11.5 Å². The second kappa shape index (κ2) is 10.0. The van der Waals surface area contributed by atoms with E-state index in [-0.39, 0.29) is 38.1 Å². The van der Waals surface area contributed by atoms with E-state index in [1.54, 1.807) is 0 Å². The summed E-state index contributed by atoms with van der Waals surface area (Å²) in [6.45, 7) is 0.103. The summed E-state index contributed by atoms with van der Waals surface area (Å²) in [4.78, 5) is 25.5. The third-order valence-corrected chi connectivity index (χ3v) is 3.99. The predicted octanol–water partition coefficient (Wildman–Crippen LogP) is 1.39. The summed E-state index contributed by atoms with van der Waals surface area (Å²) < 4.78 is 0. The lowest BCUT2D eigenvalue weighted by Gasteiger charge is -2.26. The van der Waals surface area contributed by atoms with Crippen molar-refractivity contribution in [2.75, 3.05) is 26.2 Å². The number of terminal acetylenes is 1. The van der Waals surface area contributed by atoms with Gasteiger partial charge in [-0.1, -0.05) is 60.7 Å². The zero-order valence-corrected chi connectivity index (χ0v) is 14.5. The van der Waals surface area contributed by atoms with E-state index < -0.39 is 5.91 Å². The molecule has 26 heavy (non-hydrogen) atoms. The molecule has 2 N–H and O–H groups in total. The molecule has 0 atom stereocenters. The third-order valence-electron chi connectivity index (χ3n) is 3.99. The van der Waals surface area contributed by atoms with Gasteiger partial charge in [0.1, 0.15) is 6.54 Å². The van der Waals surface area contributed by atoms with E-state index in [2.05, 4.69) is 11.2 Å². The van der Waals surface area contributed by atoms with E-state index in [9.17, 15) is 9.59 Å². The average molecular weight is 350 g/mol. The summed E-state index contributed by atoms with van der Waals surface area (Å²) >= 11 is 0. The summed E-state index contributed by atoms with van der Waals surface area (Å²) in [5, 5.41) is 11.4. The number of aliphatic hydroxyl groups excluding tert-OH is 1. The second-order valence-corrected chi connectivity index (χ2v) is 5.78. The zero-order chi connectivity index (χ0) is 18.8. The van der Waals surface area contributed by atoms with Crippen LogP contribution in [0.25, 0.3) is 0 Å². The normalized spacial score (nSPS) is 10.2. The molecule has 0 spiro atoms. The molecule has 0 saturated heterocycles. The van der Waals surface area contributed by atoms with Crippen LogP contribution in [0.1, 0.15) is 17.0 Å². The minimum Gasteiger partial charge on any atom is -0.395 e. The third kappa shape index (κ3) is 5.47. The molecule has 0 aliphatic rings. The lowest BCUT2D eigenvalue weighted by Crippen LogP contribution is -2.42. The van der Waals surface area contributed by atoms with Gasteiger partial charge >= 0.3 is 0 Å². The molecule has 2 rings (SSSR count). The van der Waals surface area contributed by atoms with Crippen LogP contribution in [-0.2, 0) is 9.59 Å². The van der Waals surface area contributed by atoms with Gasteiger partial charge in [0, 0.05) is 19.0 Å². The fourth-order valence-corrected chi connectivity index (χ4v) is 2.73. The average Bonchev–Trinajstić information content (AvgIpc) is 2.70. The van der Waals surface area contributed by atoms with Crippen molar-refractivity contribution >= 4 is 11.8 Å². The van der Waals surface area contributed by atoms with Crippen molar-refractivity contribution in [1.82, 2.24) is 10.2 Å². The molecular weight excluding hydrogens is 328 g/mol. The zero-order valence-electron chi connectivity index (χ0n) is 14.5. The summed E-state index contributed by atoms with van der Waals surface area (Å²) in [6, 6.07) is 19.6. The monoisotopic (exact) mass is 350 g/mol. The van der Waals surface area contributed by atoms with Crippen molar-refractivity contribution < 1.29 is 14.7 Å². The fourth-order valence-electron chi connectivity index (χ4n) is 2.73. The molecule has 0 bridgehead atoms. The first-order valence-corrected chi connectivity index (χ1v) is 8.38. The Balaban J connectivity index is 2.26. The van der Waals surface area contributed by atoms with E-state index in [1.807, 2.05) is 60.7 Å². The van der Waals surface area contributed by atoms with Crippen LogP contribution >= 0.6 is 0 Å². The molecule has 5 heteroatoms. The Kier molecular flexibility index (Phi) is 7.41. The van der Waals surface area contributed by atoms with Gasteiger partial charge in [0.15, 0.2) is 0 Å². The van der Waals surface area contributed by atoms with Crippen molar-refractivity contribution in [3.8, 4) is 12.3 Å². The van der Waals surface area contributed by atoms with Crippen LogP contribution in [0.15, 0.2) is 60.7 Å². The van der Waals surface area contributed by atoms with Crippen LogP contribution in [0.5, 0.6) is 0 Å². The van der Waals surface area contributed by atoms with Crippen LogP contribution in [-0.4, -0.2) is 48.1 Å². The maximum absolute atomic E-state index is 12.2. The molecule has 134 valence electrons. The van der Waals surface area contributed by atoms with Gasteiger partial charge in [0.25, 0.3) is 5.91 Å². The largest absolute Gasteiger partial charge is 0.395 e. The summed E-state index contributed by atoms with van der Waals surface area (Å²) in [5.74, 6) is 1.08. The summed E-state index contributed by atoms with van der Waals surface area (Å²) in [6.07, 6.45) is 5.29. The van der Waals surface area contributed by atoms with Crippen molar-refractivity contribution in [3.05, 3.63) is 71.8 Å². The quantitative estimate of drug-likeness (QED) is 0.707. The Morgan fingerprint density at radius 1 is 1.04 bits per heavy atom. The number of rotatable bonds is 8. The highest BCUT2D eigenvalue weighted by Gasteiger charge is 2.22. The van der Waals surface area contributed by atoms with E-state index in [0.717, 1.165) is 11.1 Å². The molecule has 2 aromatic rings. The number of benzene rings is 2. The maximum atomic E-state index is 12.2. The molecule has 0 aromatic heterocycles. The molecular formula is C21H22N2O3. The van der Waals surface area contributed by atoms with Gasteiger partial charge in [-0.25, -0.2) is 0 Å². The lowest BCUT2D eigenvalue weighted by atomic mass is 9.90. The summed E-state index contributed by atoms with van der Waals surface area (Å²) in [7, 11) is 0. The minimum atomic E-state index is -0.541. The fraction of sp³-hybridized carbons (Fsp3) is 0.238. The first-order chi connectivity index (χ1) is 12.7. The Bertz CT molecular complexity index is 714. The van der Waals surface area contributed by atoms with E-state index >= 15 is 0 Å². The number of nitrogens with one attached hydrogen (secondary N) is 1. The maximum Gasteiger partial charge on any atom is 0.298 e. The van der Waals surface area contributed by atoms with Gasteiger partial charge in [-0.2, -0.15) is 0 Å². The highest BCUT2D eigenvalue weighted by Crippen LogP contribution is 2.25. The molecule has 2 amide bonds. The first-order valence-electron chi connectivity index (χ1n) is 8.38. The van der Waals surface area contributed by atoms with Gasteiger partial charge in [-0.05, 0) is 17.0 Å². The van der Waals surface area contributed by atoms with Gasteiger partial charge in [-0.15, -0.1) is 6.42 Å². The molecule has 2 aromatic carbocycles. The Morgan fingerprint density at radius 3 is 2.04 bits per heavy atom. The first kappa shape index (κ1) is 19.2. The Morgan fingerprint density at radius 2 is 1.58 bits per heavy atom. The number of amides is 2. The molecule has 0 fully saturated rings. The number of hydrogen-bond acceptors (Lipinski definition) is 3. The molecule has 0 aliphatic carbocycles. The Hall–Kier alpha value is -3.10. The van der Waals surface area contributed by atoms with E-state index in [0.29, 0.717) is 0 Å². The highest BCUT2D eigenvalue weighted by molar-refractivity contribution is 5.95. The predicted molar refractivity (Wildman–Crippen MR) is 100 cm³/mol. The second-order valence-electron chi connectivity index (χ2n) is 5.78. The van der Waals surface area contributed by atoms with Crippen molar-refractivity contribution in [3.63, 3.8) is 0 Å². The van der Waals surface area contributed by atoms with Gasteiger partial charge in [-0.3, -0.25) is 9.59 Å². The van der Waals surface area contributed by atoms with Crippen LogP contribution in [0, 0.1) is 12.3 Å². The van der Waals surface area contributed by atoms with Gasteiger partial charge in [0.05, 0.1) is 6.61 Å². The number of nitrogens with zero attached hydrogens (tertiary/aromatic N) is 1. The topological polar surface area (TPSA) is 69.6 Å². The summed E-state index contributed by atoms with van der Waals surface area (Å²) in [5.41, 5.74) is 2.06. The minimum absolute atomic E-state index is 0.111. The number of carbonyl (C=O) groups excluding carboxylic acids is 2. The van der Waals surface area contributed by atoms with Crippen LogP contribution < -0.4 is 5.32 Å². The van der Waals surface area contributed by atoms with Crippen molar-refractivity contribution in [1.29, 1.82) is 0 Å².